The summed E-state index contributed by atoms with van der Waals surface area (Å²) in [6, 6.07) is 8.08. The van der Waals surface area contributed by atoms with Crippen LogP contribution in [0.15, 0.2) is 24.3 Å². The van der Waals surface area contributed by atoms with Crippen LogP contribution in [-0.4, -0.2) is 35.7 Å². The lowest BCUT2D eigenvalue weighted by Gasteiger charge is -2.28. The highest BCUT2D eigenvalue weighted by Gasteiger charge is 2.26. The lowest BCUT2D eigenvalue weighted by Crippen LogP contribution is -2.39. The maximum absolute atomic E-state index is 10.2. The summed E-state index contributed by atoms with van der Waals surface area (Å²) in [5, 5.41) is 10.2. The molecule has 0 saturated heterocycles. The van der Waals surface area contributed by atoms with E-state index >= 15 is 0 Å². The first kappa shape index (κ1) is 12.4. The van der Waals surface area contributed by atoms with Crippen LogP contribution in [0.2, 0.25) is 0 Å². The molecule has 0 spiro atoms. The molecule has 0 aliphatic carbocycles. The van der Waals surface area contributed by atoms with Crippen LogP contribution >= 0.6 is 0 Å². The van der Waals surface area contributed by atoms with Crippen LogP contribution in [0.1, 0.15) is 31.9 Å². The van der Waals surface area contributed by atoms with Gasteiger partial charge < -0.3 is 9.84 Å². The molecule has 0 amide bonds. The molecule has 0 bridgehead atoms. The predicted octanol–water partition coefficient (Wildman–Crippen LogP) is 2.21. The van der Waals surface area contributed by atoms with Gasteiger partial charge in [-0.15, -0.1) is 0 Å². The summed E-state index contributed by atoms with van der Waals surface area (Å²) in [5.41, 5.74) is 0.919. The fourth-order valence-corrected chi connectivity index (χ4v) is 2.52. The largest absolute Gasteiger partial charge is 0.492 e. The number of para-hydroxylation sites is 1. The van der Waals surface area contributed by atoms with Gasteiger partial charge in [0.1, 0.15) is 12.4 Å². The van der Waals surface area contributed by atoms with E-state index in [-0.39, 0.29) is 0 Å². The Kier molecular flexibility index (Phi) is 4.02. The standard InChI is InChI=1S/C14H21NO2/c1-3-15(4-2)11-9-13(16)12-7-5-6-8-14(12)17-10-11/h5-8,11,13,16H,3-4,9-10H2,1-2H3/t11-,13-/m1/s1. The minimum absolute atomic E-state index is 0.299. The van der Waals surface area contributed by atoms with E-state index in [0.717, 1.165) is 30.8 Å². The SMILES string of the molecule is CCN(CC)[C@H]1COc2ccccc2[C@H](O)C1. The average Bonchev–Trinajstić information content (AvgIpc) is 2.52. The Balaban J connectivity index is 2.17. The van der Waals surface area contributed by atoms with Crippen molar-refractivity contribution in [2.24, 2.45) is 0 Å². The third kappa shape index (κ3) is 2.61. The van der Waals surface area contributed by atoms with E-state index in [1.54, 1.807) is 0 Å². The molecular weight excluding hydrogens is 214 g/mol. The van der Waals surface area contributed by atoms with Gasteiger partial charge in [-0.3, -0.25) is 4.90 Å². The van der Waals surface area contributed by atoms with E-state index in [2.05, 4.69) is 18.7 Å². The van der Waals surface area contributed by atoms with Gasteiger partial charge >= 0.3 is 0 Å². The molecule has 1 heterocycles. The molecule has 3 nitrogen and oxygen atoms in total. The Morgan fingerprint density at radius 3 is 2.71 bits per heavy atom. The predicted molar refractivity (Wildman–Crippen MR) is 68.2 cm³/mol. The Morgan fingerprint density at radius 2 is 2.00 bits per heavy atom. The first-order valence-electron chi connectivity index (χ1n) is 6.40. The fourth-order valence-electron chi connectivity index (χ4n) is 2.52. The van der Waals surface area contributed by atoms with Crippen molar-refractivity contribution in [2.45, 2.75) is 32.4 Å². The molecule has 1 aromatic carbocycles. The smallest absolute Gasteiger partial charge is 0.125 e. The van der Waals surface area contributed by atoms with Crippen molar-refractivity contribution in [1.29, 1.82) is 0 Å². The van der Waals surface area contributed by atoms with E-state index in [0.29, 0.717) is 12.6 Å². The number of hydrogen-bond donors (Lipinski definition) is 1. The maximum Gasteiger partial charge on any atom is 0.125 e. The summed E-state index contributed by atoms with van der Waals surface area (Å²) in [7, 11) is 0. The topological polar surface area (TPSA) is 32.7 Å². The lowest BCUT2D eigenvalue weighted by molar-refractivity contribution is 0.0946. The molecule has 17 heavy (non-hydrogen) atoms. The third-order valence-electron chi connectivity index (χ3n) is 3.53. The number of fused-ring (bicyclic) bond motifs is 1. The first-order chi connectivity index (χ1) is 8.26. The maximum atomic E-state index is 10.2. The van der Waals surface area contributed by atoms with Crippen LogP contribution in [0.5, 0.6) is 5.75 Å². The number of rotatable bonds is 3. The van der Waals surface area contributed by atoms with Crippen LogP contribution in [-0.2, 0) is 0 Å². The number of nitrogens with zero attached hydrogens (tertiary/aromatic N) is 1. The normalized spacial score (nSPS) is 24.0. The second-order valence-corrected chi connectivity index (χ2v) is 4.48. The van der Waals surface area contributed by atoms with Gasteiger partial charge in [-0.25, -0.2) is 0 Å². The number of likely N-dealkylation sites (N-methyl/N-ethyl adjacent to an activating group) is 1. The summed E-state index contributed by atoms with van der Waals surface area (Å²) in [4.78, 5) is 2.34. The fraction of sp³-hybridized carbons (Fsp3) is 0.571. The zero-order valence-corrected chi connectivity index (χ0v) is 10.6. The molecule has 2 rings (SSSR count). The molecule has 1 aromatic rings. The van der Waals surface area contributed by atoms with E-state index in [1.807, 2.05) is 24.3 Å². The highest BCUT2D eigenvalue weighted by molar-refractivity contribution is 5.36. The van der Waals surface area contributed by atoms with E-state index < -0.39 is 6.10 Å². The number of aliphatic hydroxyl groups excluding tert-OH is 1. The summed E-state index contributed by atoms with van der Waals surface area (Å²) in [6.07, 6.45) is 0.331. The second-order valence-electron chi connectivity index (χ2n) is 4.48. The number of ether oxygens (including phenoxy) is 1. The summed E-state index contributed by atoms with van der Waals surface area (Å²) in [5.74, 6) is 0.828. The molecule has 0 fully saturated rings. The monoisotopic (exact) mass is 235 g/mol. The van der Waals surface area contributed by atoms with Gasteiger partial charge in [-0.2, -0.15) is 0 Å². The molecule has 1 aliphatic rings. The highest BCUT2D eigenvalue weighted by Crippen LogP contribution is 2.32. The van der Waals surface area contributed by atoms with E-state index in [9.17, 15) is 5.11 Å². The first-order valence-corrected chi connectivity index (χ1v) is 6.40. The van der Waals surface area contributed by atoms with Crippen LogP contribution in [0, 0.1) is 0 Å². The molecule has 1 N–H and O–H groups in total. The summed E-state index contributed by atoms with van der Waals surface area (Å²) < 4.78 is 5.81. The number of hydrogen-bond acceptors (Lipinski definition) is 3. The third-order valence-corrected chi connectivity index (χ3v) is 3.53. The molecule has 1 aliphatic heterocycles. The zero-order chi connectivity index (χ0) is 12.3. The molecule has 94 valence electrons. The van der Waals surface area contributed by atoms with Gasteiger partial charge in [-0.1, -0.05) is 32.0 Å². The Labute approximate surface area is 103 Å². The van der Waals surface area contributed by atoms with Gasteiger partial charge in [0.15, 0.2) is 0 Å². The van der Waals surface area contributed by atoms with Gasteiger partial charge in [0.2, 0.25) is 0 Å². The van der Waals surface area contributed by atoms with Gasteiger partial charge in [-0.05, 0) is 25.6 Å². The van der Waals surface area contributed by atoms with Crippen molar-refractivity contribution < 1.29 is 9.84 Å². The number of benzene rings is 1. The molecule has 2 atom stereocenters. The number of aliphatic hydroxyl groups is 1. The van der Waals surface area contributed by atoms with Crippen molar-refractivity contribution in [1.82, 2.24) is 4.90 Å². The van der Waals surface area contributed by atoms with Gasteiger partial charge in [0.05, 0.1) is 6.10 Å². The quantitative estimate of drug-likeness (QED) is 0.872. The van der Waals surface area contributed by atoms with Crippen LogP contribution in [0.4, 0.5) is 0 Å². The van der Waals surface area contributed by atoms with E-state index in [1.165, 1.54) is 0 Å². The Morgan fingerprint density at radius 1 is 1.29 bits per heavy atom. The minimum Gasteiger partial charge on any atom is -0.492 e. The summed E-state index contributed by atoms with van der Waals surface area (Å²) >= 11 is 0. The minimum atomic E-state index is -0.417. The highest BCUT2D eigenvalue weighted by atomic mass is 16.5. The van der Waals surface area contributed by atoms with Crippen molar-refractivity contribution in [3.63, 3.8) is 0 Å². The van der Waals surface area contributed by atoms with Crippen molar-refractivity contribution >= 4 is 0 Å². The van der Waals surface area contributed by atoms with Crippen LogP contribution in [0.25, 0.3) is 0 Å². The second kappa shape index (κ2) is 5.52. The van der Waals surface area contributed by atoms with Gasteiger partial charge in [0, 0.05) is 11.6 Å². The van der Waals surface area contributed by atoms with Crippen molar-refractivity contribution in [2.75, 3.05) is 19.7 Å². The molecule has 0 aromatic heterocycles. The molecule has 0 unspecified atom stereocenters. The Hall–Kier alpha value is -1.06. The summed E-state index contributed by atoms with van der Waals surface area (Å²) in [6.45, 7) is 6.94. The molecule has 0 radical (unpaired) electrons. The average molecular weight is 235 g/mol. The molecule has 0 saturated carbocycles. The Bertz CT molecular complexity index is 363. The van der Waals surface area contributed by atoms with Crippen molar-refractivity contribution in [3.8, 4) is 5.75 Å². The zero-order valence-electron chi connectivity index (χ0n) is 10.6. The van der Waals surface area contributed by atoms with Gasteiger partial charge in [0.25, 0.3) is 0 Å². The lowest BCUT2D eigenvalue weighted by atomic mass is 10.0. The van der Waals surface area contributed by atoms with Crippen LogP contribution in [0.3, 0.4) is 0 Å². The molecular formula is C14H21NO2. The van der Waals surface area contributed by atoms with Crippen LogP contribution < -0.4 is 4.74 Å². The van der Waals surface area contributed by atoms with E-state index in [4.69, 9.17) is 4.74 Å². The molecule has 3 heteroatoms. The van der Waals surface area contributed by atoms with Crippen molar-refractivity contribution in [3.05, 3.63) is 29.8 Å².